The van der Waals surface area contributed by atoms with Crippen LogP contribution in [-0.4, -0.2) is 9.97 Å². The zero-order chi connectivity index (χ0) is 37.5. The van der Waals surface area contributed by atoms with E-state index in [4.69, 9.17) is 18.8 Å². The zero-order valence-corrected chi connectivity index (χ0v) is 30.7. The minimum atomic E-state index is 0.213. The summed E-state index contributed by atoms with van der Waals surface area (Å²) in [7, 11) is 0. The molecule has 8 aromatic carbocycles. The Bertz CT molecular complexity index is 3290. The Balaban J connectivity index is 0.993. The average molecular weight is 729 g/mol. The van der Waals surface area contributed by atoms with Crippen molar-refractivity contribution in [1.29, 1.82) is 0 Å². The fraction of sp³-hybridized carbons (Fsp3) is 0.0189. The lowest BCUT2D eigenvalue weighted by Gasteiger charge is -2.14. The highest BCUT2D eigenvalue weighted by Gasteiger charge is 2.30. The second kappa shape index (κ2) is 12.5. The van der Waals surface area contributed by atoms with Gasteiger partial charge in [0.2, 0.25) is 0 Å². The first-order valence-electron chi connectivity index (χ1n) is 19.3. The van der Waals surface area contributed by atoms with E-state index in [0.29, 0.717) is 5.82 Å². The van der Waals surface area contributed by atoms with E-state index < -0.39 is 0 Å². The summed E-state index contributed by atoms with van der Waals surface area (Å²) in [5, 5.41) is 4.16. The van der Waals surface area contributed by atoms with Gasteiger partial charge in [-0.25, -0.2) is 9.97 Å². The van der Waals surface area contributed by atoms with E-state index in [1.807, 2.05) is 48.5 Å². The monoisotopic (exact) mass is 728 g/mol. The molecule has 0 amide bonds. The van der Waals surface area contributed by atoms with Crippen molar-refractivity contribution in [1.82, 2.24) is 9.97 Å². The quantitative estimate of drug-likeness (QED) is 0.177. The fourth-order valence-corrected chi connectivity index (χ4v) is 8.95. The van der Waals surface area contributed by atoms with Crippen LogP contribution in [0.3, 0.4) is 0 Å². The number of benzene rings is 8. The first-order valence-corrected chi connectivity index (χ1v) is 19.3. The second-order valence-corrected chi connectivity index (χ2v) is 14.8. The predicted octanol–water partition coefficient (Wildman–Crippen LogP) is 14.1. The van der Waals surface area contributed by atoms with Gasteiger partial charge in [0.25, 0.3) is 0 Å². The second-order valence-electron chi connectivity index (χ2n) is 14.8. The Kier molecular flexibility index (Phi) is 6.96. The number of para-hydroxylation sites is 2. The molecule has 1 aliphatic rings. The molecule has 4 heteroatoms. The standard InChI is InChI=1S/C53H32N2O2/c1-4-14-32(15-5-1)46-30-47(33-16-6-2-7-17-33)55-53(54-46)42-25-13-24-41-45-29-44-40-23-12-22-36(51(40)56-48(44)31-49(45)57-52(41)42)35-26-27-39-43(28-35)37-20-10-11-21-38(37)50(39)34-18-8-3-9-19-34/h1-31,50H. The predicted molar refractivity (Wildman–Crippen MR) is 231 cm³/mol. The summed E-state index contributed by atoms with van der Waals surface area (Å²) >= 11 is 0. The molecule has 1 atom stereocenters. The van der Waals surface area contributed by atoms with Crippen molar-refractivity contribution in [2.45, 2.75) is 5.92 Å². The molecule has 1 unspecified atom stereocenters. The molecular weight excluding hydrogens is 697 g/mol. The highest BCUT2D eigenvalue weighted by molar-refractivity contribution is 6.18. The fourth-order valence-electron chi connectivity index (χ4n) is 8.95. The number of hydrogen-bond acceptors (Lipinski definition) is 4. The number of furan rings is 2. The van der Waals surface area contributed by atoms with Crippen LogP contribution in [0.1, 0.15) is 22.6 Å². The molecule has 0 radical (unpaired) electrons. The van der Waals surface area contributed by atoms with Gasteiger partial charge in [0.15, 0.2) is 5.82 Å². The lowest BCUT2D eigenvalue weighted by atomic mass is 9.89. The number of hydrogen-bond donors (Lipinski definition) is 0. The van der Waals surface area contributed by atoms with Gasteiger partial charge >= 0.3 is 0 Å². The minimum absolute atomic E-state index is 0.213. The molecular formula is C53H32N2O2. The molecule has 0 saturated carbocycles. The van der Waals surface area contributed by atoms with Crippen LogP contribution in [0.25, 0.3) is 100 Å². The van der Waals surface area contributed by atoms with Crippen LogP contribution in [0.4, 0.5) is 0 Å². The molecule has 0 saturated heterocycles. The number of fused-ring (bicyclic) bond motifs is 9. The summed E-state index contributed by atoms with van der Waals surface area (Å²) in [5.74, 6) is 0.829. The van der Waals surface area contributed by atoms with Crippen LogP contribution in [0, 0.1) is 0 Å². The van der Waals surface area contributed by atoms with Gasteiger partial charge in [-0.05, 0) is 57.6 Å². The van der Waals surface area contributed by atoms with E-state index >= 15 is 0 Å². The van der Waals surface area contributed by atoms with Gasteiger partial charge in [-0.15, -0.1) is 0 Å². The largest absolute Gasteiger partial charge is 0.455 e. The van der Waals surface area contributed by atoms with E-state index in [1.54, 1.807) is 0 Å². The lowest BCUT2D eigenvalue weighted by Crippen LogP contribution is -1.98. The summed E-state index contributed by atoms with van der Waals surface area (Å²) in [4.78, 5) is 10.2. The molecule has 0 N–H and O–H groups in total. The van der Waals surface area contributed by atoms with Crippen LogP contribution in [0.2, 0.25) is 0 Å². The molecule has 266 valence electrons. The Labute approximate surface area is 328 Å². The summed E-state index contributed by atoms with van der Waals surface area (Å²) < 4.78 is 13.5. The molecule has 0 aliphatic heterocycles. The van der Waals surface area contributed by atoms with Crippen LogP contribution in [0.5, 0.6) is 0 Å². The van der Waals surface area contributed by atoms with Crippen molar-refractivity contribution < 1.29 is 8.83 Å². The van der Waals surface area contributed by atoms with Crippen molar-refractivity contribution >= 4 is 43.9 Å². The van der Waals surface area contributed by atoms with Crippen LogP contribution >= 0.6 is 0 Å². The Morgan fingerprint density at radius 1 is 0.351 bits per heavy atom. The normalized spacial score (nSPS) is 13.4. The van der Waals surface area contributed by atoms with Crippen LogP contribution in [-0.2, 0) is 0 Å². The summed E-state index contributed by atoms with van der Waals surface area (Å²) in [6, 6.07) is 66.1. The Hall–Kier alpha value is -7.56. The third-order valence-corrected chi connectivity index (χ3v) is 11.6. The average Bonchev–Trinajstić information content (AvgIpc) is 3.95. The smallest absolute Gasteiger partial charge is 0.164 e. The third kappa shape index (κ3) is 5.01. The summed E-state index contributed by atoms with van der Waals surface area (Å²) in [6.45, 7) is 0. The zero-order valence-electron chi connectivity index (χ0n) is 30.7. The molecule has 0 bridgehead atoms. The number of aromatic nitrogens is 2. The molecule has 11 aromatic rings. The highest BCUT2D eigenvalue weighted by atomic mass is 16.3. The number of nitrogens with zero attached hydrogens (tertiary/aromatic N) is 2. The van der Waals surface area contributed by atoms with Crippen molar-refractivity contribution in [2.75, 3.05) is 0 Å². The maximum absolute atomic E-state index is 6.78. The third-order valence-electron chi connectivity index (χ3n) is 11.6. The lowest BCUT2D eigenvalue weighted by molar-refractivity contribution is 0.657. The van der Waals surface area contributed by atoms with Crippen LogP contribution in [0.15, 0.2) is 197 Å². The van der Waals surface area contributed by atoms with E-state index in [2.05, 4.69) is 140 Å². The first-order chi connectivity index (χ1) is 28.2. The molecule has 12 rings (SSSR count). The molecule has 4 nitrogen and oxygen atoms in total. The maximum atomic E-state index is 6.78. The van der Waals surface area contributed by atoms with Crippen molar-refractivity contribution in [3.63, 3.8) is 0 Å². The Morgan fingerprint density at radius 3 is 1.56 bits per heavy atom. The van der Waals surface area contributed by atoms with Gasteiger partial charge in [-0.1, -0.05) is 158 Å². The molecule has 57 heavy (non-hydrogen) atoms. The van der Waals surface area contributed by atoms with Crippen molar-refractivity contribution in [3.8, 4) is 56.2 Å². The topological polar surface area (TPSA) is 52.1 Å². The van der Waals surface area contributed by atoms with E-state index in [0.717, 1.165) is 83.1 Å². The van der Waals surface area contributed by atoms with E-state index in [1.165, 1.54) is 27.8 Å². The van der Waals surface area contributed by atoms with E-state index in [-0.39, 0.29) is 5.92 Å². The highest BCUT2D eigenvalue weighted by Crippen LogP contribution is 2.50. The minimum Gasteiger partial charge on any atom is -0.455 e. The molecule has 0 spiro atoms. The first kappa shape index (κ1) is 31.8. The number of rotatable bonds is 5. The Morgan fingerprint density at radius 2 is 0.895 bits per heavy atom. The van der Waals surface area contributed by atoms with Crippen molar-refractivity contribution in [3.05, 3.63) is 205 Å². The SMILES string of the molecule is c1ccc(-c2cc(-c3ccccc3)nc(-c3cccc4c3oc3cc5oc6c(-c7ccc8c(c7)-c7ccccc7C8c7ccccc7)cccc6c5cc34)n2)cc1. The van der Waals surface area contributed by atoms with Gasteiger partial charge in [-0.2, -0.15) is 0 Å². The van der Waals surface area contributed by atoms with Gasteiger partial charge in [0.1, 0.15) is 22.3 Å². The van der Waals surface area contributed by atoms with Gasteiger partial charge in [0.05, 0.1) is 17.0 Å². The van der Waals surface area contributed by atoms with Gasteiger partial charge in [0, 0.05) is 50.2 Å². The molecule has 3 heterocycles. The van der Waals surface area contributed by atoms with Gasteiger partial charge in [-0.3, -0.25) is 0 Å². The molecule has 0 fully saturated rings. The van der Waals surface area contributed by atoms with Crippen LogP contribution < -0.4 is 0 Å². The van der Waals surface area contributed by atoms with E-state index in [9.17, 15) is 0 Å². The summed E-state index contributed by atoms with van der Waals surface area (Å²) in [6.07, 6.45) is 0. The molecule has 1 aliphatic carbocycles. The van der Waals surface area contributed by atoms with Gasteiger partial charge < -0.3 is 8.83 Å². The maximum Gasteiger partial charge on any atom is 0.164 e. The van der Waals surface area contributed by atoms with Crippen molar-refractivity contribution in [2.24, 2.45) is 0 Å². The molecule has 3 aromatic heterocycles. The summed E-state index contributed by atoms with van der Waals surface area (Å²) in [5.41, 5.74) is 16.6.